The Balaban J connectivity index is 1.26. The number of urea groups is 1. The first-order valence-corrected chi connectivity index (χ1v) is 11.5. The van der Waals surface area contributed by atoms with Gasteiger partial charge in [0.25, 0.3) is 5.91 Å². The fourth-order valence-corrected chi connectivity index (χ4v) is 4.84. The Bertz CT molecular complexity index is 1220. The Hall–Kier alpha value is -4.07. The molecule has 0 bridgehead atoms. The number of pyridine rings is 1. The van der Waals surface area contributed by atoms with Gasteiger partial charge >= 0.3 is 6.03 Å². The van der Waals surface area contributed by atoms with E-state index in [4.69, 9.17) is 5.73 Å². The van der Waals surface area contributed by atoms with Crippen LogP contribution in [-0.4, -0.2) is 42.1 Å². The summed E-state index contributed by atoms with van der Waals surface area (Å²) in [5.41, 5.74) is 9.31. The molecule has 0 unspecified atom stereocenters. The van der Waals surface area contributed by atoms with Crippen LogP contribution in [0.2, 0.25) is 0 Å². The largest absolute Gasteiger partial charge is 0.397 e. The third kappa shape index (κ3) is 4.03. The first-order chi connectivity index (χ1) is 16.4. The van der Waals surface area contributed by atoms with Crippen LogP contribution in [-0.2, 0) is 0 Å². The molecule has 174 valence electrons. The maximum Gasteiger partial charge on any atom is 0.322 e. The van der Waals surface area contributed by atoms with E-state index in [-0.39, 0.29) is 17.5 Å². The fourth-order valence-electron chi connectivity index (χ4n) is 4.84. The maximum atomic E-state index is 12.7. The van der Waals surface area contributed by atoms with Crippen LogP contribution in [0.3, 0.4) is 0 Å². The first-order valence-electron chi connectivity index (χ1n) is 11.5. The number of carbonyl (C=O) groups excluding carboxylic acids is 2. The van der Waals surface area contributed by atoms with Gasteiger partial charge in [-0.05, 0) is 61.7 Å². The second-order valence-corrected chi connectivity index (χ2v) is 8.99. The number of para-hydroxylation sites is 2. The van der Waals surface area contributed by atoms with Crippen molar-refractivity contribution in [1.82, 2.24) is 10.3 Å². The van der Waals surface area contributed by atoms with E-state index < -0.39 is 0 Å². The highest BCUT2D eigenvalue weighted by molar-refractivity contribution is 6.05. The molecule has 2 fully saturated rings. The number of anilines is 4. The van der Waals surface area contributed by atoms with E-state index in [9.17, 15) is 9.59 Å². The molecule has 2 saturated heterocycles. The minimum absolute atomic E-state index is 0.0356. The number of piperidine rings is 1. The van der Waals surface area contributed by atoms with E-state index in [1.54, 1.807) is 24.4 Å². The quantitative estimate of drug-likeness (QED) is 0.518. The molecule has 3 heterocycles. The number of nitrogens with zero attached hydrogens (tertiary/aromatic N) is 3. The zero-order valence-corrected chi connectivity index (χ0v) is 19.1. The van der Waals surface area contributed by atoms with Gasteiger partial charge in [-0.2, -0.15) is 0 Å². The molecule has 3 aromatic rings. The summed E-state index contributed by atoms with van der Waals surface area (Å²) in [4.78, 5) is 34.0. The van der Waals surface area contributed by atoms with Crippen LogP contribution in [0.1, 0.15) is 28.8 Å². The first kappa shape index (κ1) is 21.8. The number of amides is 3. The van der Waals surface area contributed by atoms with E-state index in [1.807, 2.05) is 48.2 Å². The molecule has 8 nitrogen and oxygen atoms in total. The van der Waals surface area contributed by atoms with Crippen molar-refractivity contribution in [1.29, 1.82) is 0 Å². The summed E-state index contributed by atoms with van der Waals surface area (Å²) in [7, 11) is 0. The summed E-state index contributed by atoms with van der Waals surface area (Å²) in [6.45, 7) is 4.23. The average Bonchev–Trinajstić information content (AvgIpc) is 3.16. The molecule has 2 aliphatic rings. The van der Waals surface area contributed by atoms with Gasteiger partial charge in [0.2, 0.25) is 0 Å². The van der Waals surface area contributed by atoms with Gasteiger partial charge in [0.1, 0.15) is 5.82 Å². The zero-order chi connectivity index (χ0) is 23.7. The molecule has 8 heteroatoms. The molecule has 1 aromatic heterocycles. The topological polar surface area (TPSA) is 104 Å². The van der Waals surface area contributed by atoms with Crippen molar-refractivity contribution >= 4 is 34.8 Å². The molecule has 2 aliphatic heterocycles. The average molecular weight is 457 g/mol. The molecule has 4 N–H and O–H groups in total. The van der Waals surface area contributed by atoms with Gasteiger partial charge in [0.15, 0.2) is 0 Å². The lowest BCUT2D eigenvalue weighted by atomic mass is 9.86. The normalized spacial score (nSPS) is 17.0. The van der Waals surface area contributed by atoms with Crippen molar-refractivity contribution in [3.63, 3.8) is 0 Å². The summed E-state index contributed by atoms with van der Waals surface area (Å²) in [6.07, 6.45) is 3.25. The lowest BCUT2D eigenvalue weighted by Gasteiger charge is -2.44. The molecular weight excluding hydrogens is 428 g/mol. The van der Waals surface area contributed by atoms with Crippen molar-refractivity contribution in [3.05, 3.63) is 78.0 Å². The highest BCUT2D eigenvalue weighted by Gasteiger charge is 2.48. The molecule has 34 heavy (non-hydrogen) atoms. The lowest BCUT2D eigenvalue weighted by molar-refractivity contribution is 0.102. The number of hydrogen-bond donors (Lipinski definition) is 3. The van der Waals surface area contributed by atoms with Gasteiger partial charge in [0, 0.05) is 31.5 Å². The Morgan fingerprint density at radius 2 is 1.88 bits per heavy atom. The Morgan fingerprint density at radius 3 is 2.59 bits per heavy atom. The highest BCUT2D eigenvalue weighted by Crippen LogP contribution is 2.37. The van der Waals surface area contributed by atoms with Gasteiger partial charge in [-0.3, -0.25) is 9.69 Å². The number of aromatic nitrogens is 1. The van der Waals surface area contributed by atoms with E-state index >= 15 is 0 Å². The SMILES string of the molecule is Cc1cccc(N2C(=O)NCC23CCN(c2ccc(C(=O)Nc4ccccc4N)cn2)CC3)c1. The van der Waals surface area contributed by atoms with Crippen LogP contribution in [0.5, 0.6) is 0 Å². The smallest absolute Gasteiger partial charge is 0.322 e. The lowest BCUT2D eigenvalue weighted by Crippen LogP contribution is -2.55. The molecule has 1 spiro atoms. The number of benzene rings is 2. The van der Waals surface area contributed by atoms with E-state index in [2.05, 4.69) is 26.6 Å². The molecule has 0 atom stereocenters. The van der Waals surface area contributed by atoms with Gasteiger partial charge < -0.3 is 21.3 Å². The summed E-state index contributed by atoms with van der Waals surface area (Å²) < 4.78 is 0. The molecule has 2 aromatic carbocycles. The molecule has 0 saturated carbocycles. The molecule has 5 rings (SSSR count). The minimum atomic E-state index is -0.251. The molecule has 3 amide bonds. The monoisotopic (exact) mass is 456 g/mol. The second kappa shape index (κ2) is 8.70. The summed E-state index contributed by atoms with van der Waals surface area (Å²) in [5.74, 6) is 0.573. The molecule has 0 radical (unpaired) electrons. The van der Waals surface area contributed by atoms with Crippen LogP contribution in [0.25, 0.3) is 0 Å². The number of nitrogen functional groups attached to an aromatic ring is 1. The van der Waals surface area contributed by atoms with E-state index in [1.165, 1.54) is 0 Å². The highest BCUT2D eigenvalue weighted by atomic mass is 16.2. The van der Waals surface area contributed by atoms with Gasteiger partial charge in [-0.1, -0.05) is 24.3 Å². The van der Waals surface area contributed by atoms with E-state index in [0.717, 1.165) is 43.0 Å². The van der Waals surface area contributed by atoms with E-state index in [0.29, 0.717) is 23.5 Å². The van der Waals surface area contributed by atoms with Crippen LogP contribution in [0, 0.1) is 6.92 Å². The van der Waals surface area contributed by atoms with Crippen molar-refractivity contribution < 1.29 is 9.59 Å². The zero-order valence-electron chi connectivity index (χ0n) is 19.1. The van der Waals surface area contributed by atoms with Crippen LogP contribution >= 0.6 is 0 Å². The van der Waals surface area contributed by atoms with Crippen LogP contribution < -0.4 is 26.2 Å². The third-order valence-electron chi connectivity index (χ3n) is 6.74. The number of carbonyl (C=O) groups is 2. The van der Waals surface area contributed by atoms with Crippen molar-refractivity contribution in [2.75, 3.05) is 40.5 Å². The number of aryl methyl sites for hydroxylation is 1. The summed E-state index contributed by atoms with van der Waals surface area (Å²) in [5, 5.41) is 5.87. The van der Waals surface area contributed by atoms with Crippen LogP contribution in [0.15, 0.2) is 66.9 Å². The van der Waals surface area contributed by atoms with Gasteiger partial charge in [0.05, 0.1) is 22.5 Å². The number of nitrogens with one attached hydrogen (secondary N) is 2. The Labute approximate surface area is 198 Å². The number of hydrogen-bond acceptors (Lipinski definition) is 5. The predicted molar refractivity (Wildman–Crippen MR) is 134 cm³/mol. The van der Waals surface area contributed by atoms with Gasteiger partial charge in [-0.25, -0.2) is 9.78 Å². The summed E-state index contributed by atoms with van der Waals surface area (Å²) in [6, 6.07) is 18.9. The van der Waals surface area contributed by atoms with Crippen molar-refractivity contribution in [2.45, 2.75) is 25.3 Å². The van der Waals surface area contributed by atoms with Crippen molar-refractivity contribution in [2.24, 2.45) is 0 Å². The predicted octanol–water partition coefficient (Wildman–Crippen LogP) is 3.79. The molecule has 0 aliphatic carbocycles. The summed E-state index contributed by atoms with van der Waals surface area (Å²) >= 11 is 0. The second-order valence-electron chi connectivity index (χ2n) is 8.99. The van der Waals surface area contributed by atoms with Gasteiger partial charge in [-0.15, -0.1) is 0 Å². The Morgan fingerprint density at radius 1 is 1.09 bits per heavy atom. The fraction of sp³-hybridized carbons (Fsp3) is 0.269. The van der Waals surface area contributed by atoms with Crippen molar-refractivity contribution in [3.8, 4) is 0 Å². The Kier molecular flexibility index (Phi) is 5.57. The number of nitrogens with two attached hydrogens (primary N) is 1. The minimum Gasteiger partial charge on any atom is -0.397 e. The molecular formula is C26H28N6O2. The standard InChI is InChI=1S/C26H28N6O2/c1-18-5-4-6-20(15-18)32-25(34)29-17-26(32)11-13-31(14-12-26)23-10-9-19(16-28-23)24(33)30-22-8-3-2-7-21(22)27/h2-10,15-16H,11-14,17,27H2,1H3,(H,29,34)(H,30,33). The number of rotatable bonds is 4. The maximum absolute atomic E-state index is 12.7. The third-order valence-corrected chi connectivity index (χ3v) is 6.74. The van der Waals surface area contributed by atoms with Crippen LogP contribution in [0.4, 0.5) is 27.7 Å².